The van der Waals surface area contributed by atoms with Crippen molar-refractivity contribution >= 4 is 59.0 Å². The minimum atomic E-state index is -0.433. The topological polar surface area (TPSA) is 26.3 Å². The van der Waals surface area contributed by atoms with E-state index in [2.05, 4.69) is 73.3 Å². The molecular weight excluding hydrogens is 436 g/mol. The Morgan fingerprint density at radius 3 is 2.26 bits per heavy atom. The van der Waals surface area contributed by atoms with E-state index in [1.54, 1.807) is 0 Å². The quantitative estimate of drug-likeness (QED) is 0.148. The maximum Gasteiger partial charge on any atom is 0.335 e. The summed E-state index contributed by atoms with van der Waals surface area (Å²) in [6, 6.07) is 31.9. The number of aryl methyl sites for hydroxylation is 2. The van der Waals surface area contributed by atoms with Gasteiger partial charge in [0.1, 0.15) is 5.75 Å². The molecule has 164 valence electrons. The Morgan fingerprint density at radius 1 is 0.765 bits per heavy atom. The first-order chi connectivity index (χ1) is 16.7. The Kier molecular flexibility index (Phi) is 5.12. The number of ether oxygens (including phenoxy) is 1. The van der Waals surface area contributed by atoms with Gasteiger partial charge in [-0.2, -0.15) is 0 Å². The van der Waals surface area contributed by atoms with Crippen molar-refractivity contribution in [3.8, 4) is 5.75 Å². The first kappa shape index (κ1) is 20.6. The molecule has 0 N–H and O–H groups in total. The van der Waals surface area contributed by atoms with Crippen LogP contribution in [0.5, 0.6) is 5.75 Å². The van der Waals surface area contributed by atoms with Crippen molar-refractivity contribution in [1.82, 2.24) is 0 Å². The molecule has 0 saturated carbocycles. The molecule has 0 aliphatic rings. The number of fused-ring (bicyclic) bond motifs is 7. The molecule has 0 amide bonds. The first-order valence-electron chi connectivity index (χ1n) is 11.4. The third-order valence-corrected chi connectivity index (χ3v) is 7.68. The zero-order valence-corrected chi connectivity index (χ0v) is 19.4. The molecule has 6 aromatic rings. The lowest BCUT2D eigenvalue weighted by atomic mass is 9.95. The lowest BCUT2D eigenvalue weighted by Gasteiger charge is -2.11. The highest BCUT2D eigenvalue weighted by Gasteiger charge is 2.16. The van der Waals surface area contributed by atoms with Gasteiger partial charge in [-0.1, -0.05) is 79.4 Å². The van der Waals surface area contributed by atoms with Gasteiger partial charge in [0, 0.05) is 26.2 Å². The van der Waals surface area contributed by atoms with Crippen LogP contribution >= 0.6 is 11.3 Å². The second-order valence-electron chi connectivity index (χ2n) is 8.46. The number of esters is 1. The molecule has 0 bridgehead atoms. The second kappa shape index (κ2) is 8.44. The van der Waals surface area contributed by atoms with E-state index in [1.165, 1.54) is 53.4 Å². The predicted octanol–water partition coefficient (Wildman–Crippen LogP) is 8.24. The van der Waals surface area contributed by atoms with Gasteiger partial charge in [0.25, 0.3) is 0 Å². The molecule has 3 heteroatoms. The molecule has 1 heterocycles. The van der Waals surface area contributed by atoms with E-state index in [0.29, 0.717) is 5.75 Å². The van der Waals surface area contributed by atoms with Gasteiger partial charge in [0.2, 0.25) is 0 Å². The fraction of sp³-hybridized carbons (Fsp3) is 0.0645. The summed E-state index contributed by atoms with van der Waals surface area (Å²) in [5.41, 5.74) is 2.34. The average molecular weight is 459 g/mol. The van der Waals surface area contributed by atoms with Crippen molar-refractivity contribution in [2.24, 2.45) is 0 Å². The van der Waals surface area contributed by atoms with Crippen LogP contribution in [0.25, 0.3) is 41.7 Å². The van der Waals surface area contributed by atoms with Crippen LogP contribution in [-0.2, 0) is 17.6 Å². The monoisotopic (exact) mass is 458 g/mol. The molecule has 6 rings (SSSR count). The van der Waals surface area contributed by atoms with Gasteiger partial charge >= 0.3 is 5.97 Å². The summed E-state index contributed by atoms with van der Waals surface area (Å²) in [5, 5.41) is 7.80. The minimum absolute atomic E-state index is 0.433. The summed E-state index contributed by atoms with van der Waals surface area (Å²) in [7, 11) is 0. The predicted molar refractivity (Wildman–Crippen MR) is 144 cm³/mol. The number of benzene rings is 5. The van der Waals surface area contributed by atoms with Gasteiger partial charge in [-0.05, 0) is 63.7 Å². The number of hydrogen-bond acceptors (Lipinski definition) is 3. The highest BCUT2D eigenvalue weighted by atomic mass is 32.1. The van der Waals surface area contributed by atoms with Crippen molar-refractivity contribution in [3.63, 3.8) is 0 Å². The Balaban J connectivity index is 1.53. The average Bonchev–Trinajstić information content (AvgIpc) is 3.29. The van der Waals surface area contributed by atoms with Gasteiger partial charge in [-0.3, -0.25) is 0 Å². The van der Waals surface area contributed by atoms with Crippen molar-refractivity contribution in [1.29, 1.82) is 0 Å². The molecule has 0 saturated heterocycles. The maximum atomic E-state index is 11.8. The van der Waals surface area contributed by atoms with Crippen LogP contribution in [0.1, 0.15) is 11.1 Å². The van der Waals surface area contributed by atoms with E-state index in [9.17, 15) is 4.79 Å². The van der Waals surface area contributed by atoms with Crippen LogP contribution < -0.4 is 4.74 Å². The second-order valence-corrected chi connectivity index (χ2v) is 9.51. The Hall–Kier alpha value is -3.95. The molecule has 0 atom stereocenters. The van der Waals surface area contributed by atoms with E-state index in [4.69, 9.17) is 4.74 Å². The SMILES string of the molecule is C=CC(=O)Oc1ccccc1CCc1cc2ccccc2c2c1sc1ccc3ccccc3c12. The van der Waals surface area contributed by atoms with Crippen molar-refractivity contribution in [3.05, 3.63) is 115 Å². The Bertz CT molecular complexity index is 1720. The van der Waals surface area contributed by atoms with Crippen LogP contribution in [-0.4, -0.2) is 5.97 Å². The summed E-state index contributed by atoms with van der Waals surface area (Å²) >= 11 is 1.87. The van der Waals surface area contributed by atoms with Gasteiger partial charge < -0.3 is 4.74 Å². The van der Waals surface area contributed by atoms with Crippen LogP contribution in [0.15, 0.2) is 104 Å². The highest BCUT2D eigenvalue weighted by molar-refractivity contribution is 7.26. The minimum Gasteiger partial charge on any atom is -0.423 e. The number of rotatable bonds is 5. The molecule has 0 unspecified atom stereocenters. The molecular formula is C31H22O2S. The van der Waals surface area contributed by atoms with Gasteiger partial charge in [-0.25, -0.2) is 4.79 Å². The van der Waals surface area contributed by atoms with Crippen LogP contribution in [0, 0.1) is 0 Å². The third kappa shape index (κ3) is 3.46. The highest BCUT2D eigenvalue weighted by Crippen LogP contribution is 2.44. The zero-order chi connectivity index (χ0) is 23.1. The van der Waals surface area contributed by atoms with E-state index < -0.39 is 5.97 Å². The molecule has 0 spiro atoms. The van der Waals surface area contributed by atoms with E-state index >= 15 is 0 Å². The lowest BCUT2D eigenvalue weighted by Crippen LogP contribution is -2.05. The number of carbonyl (C=O) groups is 1. The summed E-state index contributed by atoms with van der Waals surface area (Å²) in [6.07, 6.45) is 2.84. The normalized spacial score (nSPS) is 11.4. The number of para-hydroxylation sites is 1. The largest absolute Gasteiger partial charge is 0.423 e. The summed E-state index contributed by atoms with van der Waals surface area (Å²) < 4.78 is 8.13. The van der Waals surface area contributed by atoms with Gasteiger partial charge in [0.15, 0.2) is 0 Å². The van der Waals surface area contributed by atoms with Gasteiger partial charge in [-0.15, -0.1) is 11.3 Å². The Labute approximate surface area is 201 Å². The third-order valence-electron chi connectivity index (χ3n) is 6.44. The van der Waals surface area contributed by atoms with E-state index in [-0.39, 0.29) is 0 Å². The van der Waals surface area contributed by atoms with E-state index in [1.807, 2.05) is 35.6 Å². The summed E-state index contributed by atoms with van der Waals surface area (Å²) in [4.78, 5) is 11.8. The molecule has 5 aromatic carbocycles. The van der Waals surface area contributed by atoms with Crippen molar-refractivity contribution in [2.75, 3.05) is 0 Å². The van der Waals surface area contributed by atoms with Crippen LogP contribution in [0.2, 0.25) is 0 Å². The van der Waals surface area contributed by atoms with Crippen LogP contribution in [0.4, 0.5) is 0 Å². The zero-order valence-electron chi connectivity index (χ0n) is 18.6. The maximum absolute atomic E-state index is 11.8. The van der Waals surface area contributed by atoms with Crippen molar-refractivity contribution in [2.45, 2.75) is 12.8 Å². The first-order valence-corrected chi connectivity index (χ1v) is 12.2. The van der Waals surface area contributed by atoms with Gasteiger partial charge in [0.05, 0.1) is 0 Å². The number of carbonyl (C=O) groups excluding carboxylic acids is 1. The smallest absolute Gasteiger partial charge is 0.335 e. The summed E-state index contributed by atoms with van der Waals surface area (Å²) in [5.74, 6) is 0.170. The molecule has 0 aliphatic carbocycles. The molecule has 1 aromatic heterocycles. The fourth-order valence-electron chi connectivity index (χ4n) is 4.87. The molecule has 0 fully saturated rings. The van der Waals surface area contributed by atoms with Crippen LogP contribution in [0.3, 0.4) is 0 Å². The molecule has 0 aliphatic heterocycles. The fourth-order valence-corrected chi connectivity index (χ4v) is 6.15. The number of hydrogen-bond donors (Lipinski definition) is 0. The van der Waals surface area contributed by atoms with Crippen molar-refractivity contribution < 1.29 is 9.53 Å². The standard InChI is InChI=1S/C31H22O2S/c1-2-28(32)33-26-14-8-5-10-21(26)15-16-23-19-22-11-4-7-13-25(22)30-29-24-12-6-3-9-20(24)17-18-27(29)34-31(23)30/h2-14,17-19H,1,15-16H2. The Morgan fingerprint density at radius 2 is 1.44 bits per heavy atom. The molecule has 34 heavy (non-hydrogen) atoms. The van der Waals surface area contributed by atoms with E-state index in [0.717, 1.165) is 18.4 Å². The molecule has 0 radical (unpaired) electrons. The molecule has 2 nitrogen and oxygen atoms in total. The lowest BCUT2D eigenvalue weighted by molar-refractivity contribution is -0.129. The number of thiophene rings is 1. The summed E-state index contributed by atoms with van der Waals surface area (Å²) in [6.45, 7) is 3.51.